The fourth-order valence-electron chi connectivity index (χ4n) is 2.37. The summed E-state index contributed by atoms with van der Waals surface area (Å²) >= 11 is 7.56. The first-order valence-electron chi connectivity index (χ1n) is 5.84. The van der Waals surface area contributed by atoms with E-state index in [4.69, 9.17) is 11.6 Å². The largest absolute Gasteiger partial charge is 0.319 e. The van der Waals surface area contributed by atoms with Crippen LogP contribution in [0.1, 0.15) is 24.1 Å². The highest BCUT2D eigenvalue weighted by atomic mass is 35.5. The molecule has 1 heterocycles. The van der Waals surface area contributed by atoms with Gasteiger partial charge in [-0.1, -0.05) is 18.0 Å². The van der Waals surface area contributed by atoms with Crippen LogP contribution in [0.15, 0.2) is 12.1 Å². The van der Waals surface area contributed by atoms with Gasteiger partial charge in [0.15, 0.2) is 0 Å². The van der Waals surface area contributed by atoms with E-state index in [1.807, 2.05) is 13.1 Å². The second-order valence-electron chi connectivity index (χ2n) is 4.69. The van der Waals surface area contributed by atoms with Crippen molar-refractivity contribution >= 4 is 22.9 Å². The zero-order valence-electron chi connectivity index (χ0n) is 9.68. The zero-order valence-corrected chi connectivity index (χ0v) is 11.3. The first-order chi connectivity index (χ1) is 7.74. The summed E-state index contributed by atoms with van der Waals surface area (Å²) < 4.78 is 0.880. The van der Waals surface area contributed by atoms with E-state index in [2.05, 4.69) is 16.7 Å². The third-order valence-electron chi connectivity index (χ3n) is 3.39. The van der Waals surface area contributed by atoms with Crippen molar-refractivity contribution in [2.45, 2.75) is 25.8 Å². The second kappa shape index (κ2) is 5.50. The molecule has 0 amide bonds. The molecular formula is C12H19ClN2S. The van der Waals surface area contributed by atoms with Crippen molar-refractivity contribution in [3.8, 4) is 0 Å². The van der Waals surface area contributed by atoms with Gasteiger partial charge in [0.05, 0.1) is 4.34 Å². The summed E-state index contributed by atoms with van der Waals surface area (Å²) in [7, 11) is 2.04. The lowest BCUT2D eigenvalue weighted by atomic mass is 9.68. The van der Waals surface area contributed by atoms with Crippen molar-refractivity contribution in [2.24, 2.45) is 5.41 Å². The molecule has 16 heavy (non-hydrogen) atoms. The van der Waals surface area contributed by atoms with Gasteiger partial charge in [-0.25, -0.2) is 0 Å². The van der Waals surface area contributed by atoms with Crippen molar-refractivity contribution in [1.82, 2.24) is 10.6 Å². The molecule has 0 unspecified atom stereocenters. The van der Waals surface area contributed by atoms with Crippen molar-refractivity contribution < 1.29 is 0 Å². The summed E-state index contributed by atoms with van der Waals surface area (Å²) in [5.74, 6) is 0. The van der Waals surface area contributed by atoms with Crippen LogP contribution >= 0.6 is 22.9 Å². The monoisotopic (exact) mass is 258 g/mol. The van der Waals surface area contributed by atoms with Crippen LogP contribution in [0.3, 0.4) is 0 Å². The molecule has 0 radical (unpaired) electrons. The molecule has 1 aromatic rings. The molecule has 1 aliphatic rings. The van der Waals surface area contributed by atoms with Gasteiger partial charge in [-0.3, -0.25) is 0 Å². The summed E-state index contributed by atoms with van der Waals surface area (Å²) in [6, 6.07) is 4.07. The van der Waals surface area contributed by atoms with E-state index in [0.29, 0.717) is 5.41 Å². The van der Waals surface area contributed by atoms with Crippen LogP contribution in [0, 0.1) is 5.41 Å². The van der Waals surface area contributed by atoms with Gasteiger partial charge in [0, 0.05) is 24.5 Å². The quantitative estimate of drug-likeness (QED) is 0.820. The molecule has 0 bridgehead atoms. The highest BCUT2D eigenvalue weighted by Gasteiger charge is 2.35. The maximum absolute atomic E-state index is 5.90. The molecule has 0 atom stereocenters. The van der Waals surface area contributed by atoms with E-state index in [1.165, 1.54) is 24.1 Å². The van der Waals surface area contributed by atoms with Crippen molar-refractivity contribution in [3.05, 3.63) is 21.3 Å². The minimum absolute atomic E-state index is 0.510. The molecule has 2 nitrogen and oxygen atoms in total. The Morgan fingerprint density at radius 3 is 2.69 bits per heavy atom. The lowest BCUT2D eigenvalue weighted by Gasteiger charge is -2.42. The summed E-state index contributed by atoms with van der Waals surface area (Å²) in [6.07, 6.45) is 4.09. The van der Waals surface area contributed by atoms with E-state index in [0.717, 1.165) is 24.0 Å². The topological polar surface area (TPSA) is 24.1 Å². The van der Waals surface area contributed by atoms with Crippen LogP contribution in [0.2, 0.25) is 4.34 Å². The Bertz CT molecular complexity index is 334. The number of nitrogens with one attached hydrogen (secondary N) is 2. The van der Waals surface area contributed by atoms with Gasteiger partial charge < -0.3 is 10.6 Å². The third kappa shape index (κ3) is 2.98. The summed E-state index contributed by atoms with van der Waals surface area (Å²) in [6.45, 7) is 3.19. The van der Waals surface area contributed by atoms with Gasteiger partial charge in [-0.15, -0.1) is 11.3 Å². The van der Waals surface area contributed by atoms with Gasteiger partial charge >= 0.3 is 0 Å². The highest BCUT2D eigenvalue weighted by molar-refractivity contribution is 7.16. The lowest BCUT2D eigenvalue weighted by molar-refractivity contribution is 0.130. The van der Waals surface area contributed by atoms with Crippen LogP contribution in [-0.4, -0.2) is 20.1 Å². The summed E-state index contributed by atoms with van der Waals surface area (Å²) in [5.41, 5.74) is 0.510. The Hall–Kier alpha value is -0.0900. The third-order valence-corrected chi connectivity index (χ3v) is 4.63. The minimum atomic E-state index is 0.510. The maximum atomic E-state index is 5.90. The molecule has 0 saturated heterocycles. The Kier molecular flexibility index (Phi) is 4.25. The summed E-state index contributed by atoms with van der Waals surface area (Å²) in [5, 5.41) is 6.86. The van der Waals surface area contributed by atoms with E-state index in [9.17, 15) is 0 Å². The first-order valence-corrected chi connectivity index (χ1v) is 7.03. The van der Waals surface area contributed by atoms with E-state index < -0.39 is 0 Å². The van der Waals surface area contributed by atoms with Gasteiger partial charge in [0.25, 0.3) is 0 Å². The molecule has 4 heteroatoms. The van der Waals surface area contributed by atoms with Gasteiger partial charge in [-0.2, -0.15) is 0 Å². The molecule has 90 valence electrons. The number of halogens is 1. The number of rotatable bonds is 6. The standard InChI is InChI=1S/C12H19ClN2S/c1-14-8-12(5-2-6-12)9-15-7-10-3-4-11(13)16-10/h3-4,14-15H,2,5-9H2,1H3. The molecule has 0 spiro atoms. The normalized spacial score (nSPS) is 18.4. The Labute approximate surface area is 106 Å². The fourth-order valence-corrected chi connectivity index (χ4v) is 3.42. The predicted octanol–water partition coefficient (Wildman–Crippen LogP) is 2.88. The molecule has 2 rings (SSSR count). The summed E-state index contributed by atoms with van der Waals surface area (Å²) in [4.78, 5) is 1.32. The van der Waals surface area contributed by atoms with Gasteiger partial charge in [-0.05, 0) is 37.4 Å². The smallest absolute Gasteiger partial charge is 0.0931 e. The average Bonchev–Trinajstić information content (AvgIpc) is 2.60. The SMILES string of the molecule is CNCC1(CNCc2ccc(Cl)s2)CCC1. The van der Waals surface area contributed by atoms with Gasteiger partial charge in [0.1, 0.15) is 0 Å². The van der Waals surface area contributed by atoms with Crippen molar-refractivity contribution in [2.75, 3.05) is 20.1 Å². The van der Waals surface area contributed by atoms with E-state index in [1.54, 1.807) is 11.3 Å². The van der Waals surface area contributed by atoms with Crippen molar-refractivity contribution in [3.63, 3.8) is 0 Å². The second-order valence-corrected chi connectivity index (χ2v) is 6.49. The fraction of sp³-hybridized carbons (Fsp3) is 0.667. The van der Waals surface area contributed by atoms with Gasteiger partial charge in [0.2, 0.25) is 0 Å². The van der Waals surface area contributed by atoms with Crippen LogP contribution in [0.5, 0.6) is 0 Å². The average molecular weight is 259 g/mol. The Morgan fingerprint density at radius 2 is 2.19 bits per heavy atom. The van der Waals surface area contributed by atoms with Crippen LogP contribution in [0.4, 0.5) is 0 Å². The van der Waals surface area contributed by atoms with E-state index in [-0.39, 0.29) is 0 Å². The first kappa shape index (κ1) is 12.4. The van der Waals surface area contributed by atoms with Crippen LogP contribution < -0.4 is 10.6 Å². The molecule has 1 fully saturated rings. The Morgan fingerprint density at radius 1 is 1.38 bits per heavy atom. The zero-order chi connectivity index (χ0) is 11.4. The molecule has 1 aromatic heterocycles. The molecule has 0 aromatic carbocycles. The molecule has 1 saturated carbocycles. The number of hydrogen-bond acceptors (Lipinski definition) is 3. The van der Waals surface area contributed by atoms with E-state index >= 15 is 0 Å². The lowest BCUT2D eigenvalue weighted by Crippen LogP contribution is -2.46. The van der Waals surface area contributed by atoms with Crippen LogP contribution in [0.25, 0.3) is 0 Å². The maximum Gasteiger partial charge on any atom is 0.0931 e. The number of thiophene rings is 1. The molecular weight excluding hydrogens is 240 g/mol. The number of hydrogen-bond donors (Lipinski definition) is 2. The highest BCUT2D eigenvalue weighted by Crippen LogP contribution is 2.39. The molecule has 0 aliphatic heterocycles. The predicted molar refractivity (Wildman–Crippen MR) is 71.2 cm³/mol. The molecule has 2 N–H and O–H groups in total. The minimum Gasteiger partial charge on any atom is -0.319 e. The molecule has 1 aliphatic carbocycles. The Balaban J connectivity index is 1.74. The van der Waals surface area contributed by atoms with Crippen LogP contribution in [-0.2, 0) is 6.54 Å². The van der Waals surface area contributed by atoms with Crippen molar-refractivity contribution in [1.29, 1.82) is 0 Å².